The third-order valence-electron chi connectivity index (χ3n) is 4.57. The highest BCUT2D eigenvalue weighted by molar-refractivity contribution is 5.77. The first-order chi connectivity index (χ1) is 13.8. The smallest absolute Gasteiger partial charge is 0.321 e. The number of carboxylic acid groups (broad SMARTS) is 2. The van der Waals surface area contributed by atoms with Gasteiger partial charge in [-0.05, 0) is 42.0 Å². The molecule has 2 rings (SSSR count). The topological polar surface area (TPSA) is 95.9 Å². The molecule has 0 fully saturated rings. The van der Waals surface area contributed by atoms with E-state index in [4.69, 9.17) is 4.74 Å². The Morgan fingerprint density at radius 1 is 0.897 bits per heavy atom. The first-order valence-corrected chi connectivity index (χ1v) is 9.82. The number of aliphatic carboxylic acids is 2. The standard InChI is InChI=1S/C23H29NO5/c1-16(2)14-20(22(25)26)24-21(23(27)28)15-18-8-10-19(11-9-18)29-13-12-17-6-4-3-5-7-17/h3-11,16,20-21,24H,12-15H2,1-2H3,(H,25,26)(H,27,28)/t20-,21-/m0/s1. The van der Waals surface area contributed by atoms with Crippen LogP contribution in [0, 0.1) is 5.92 Å². The molecule has 0 saturated heterocycles. The summed E-state index contributed by atoms with van der Waals surface area (Å²) in [6.07, 6.45) is 1.37. The van der Waals surface area contributed by atoms with Gasteiger partial charge in [-0.3, -0.25) is 14.9 Å². The highest BCUT2D eigenvalue weighted by atomic mass is 16.5. The zero-order valence-electron chi connectivity index (χ0n) is 16.9. The molecule has 0 unspecified atom stereocenters. The van der Waals surface area contributed by atoms with Crippen LogP contribution < -0.4 is 10.1 Å². The molecule has 6 nitrogen and oxygen atoms in total. The lowest BCUT2D eigenvalue weighted by Crippen LogP contribution is -2.48. The minimum Gasteiger partial charge on any atom is -0.493 e. The third kappa shape index (κ3) is 7.95. The van der Waals surface area contributed by atoms with Gasteiger partial charge in [-0.15, -0.1) is 0 Å². The van der Waals surface area contributed by atoms with E-state index in [-0.39, 0.29) is 12.3 Å². The fraction of sp³-hybridized carbons (Fsp3) is 0.391. The van der Waals surface area contributed by atoms with Gasteiger partial charge in [0.1, 0.15) is 17.8 Å². The van der Waals surface area contributed by atoms with Crippen molar-refractivity contribution >= 4 is 11.9 Å². The van der Waals surface area contributed by atoms with Crippen LogP contribution >= 0.6 is 0 Å². The number of nitrogens with one attached hydrogen (secondary N) is 1. The Bertz CT molecular complexity index is 774. The summed E-state index contributed by atoms with van der Waals surface area (Å²) in [7, 11) is 0. The van der Waals surface area contributed by atoms with Gasteiger partial charge < -0.3 is 14.9 Å². The van der Waals surface area contributed by atoms with Crippen LogP contribution in [-0.4, -0.2) is 40.8 Å². The molecule has 0 bridgehead atoms. The van der Waals surface area contributed by atoms with Crippen LogP contribution in [-0.2, 0) is 22.4 Å². The summed E-state index contributed by atoms with van der Waals surface area (Å²) in [5, 5.41) is 21.6. The van der Waals surface area contributed by atoms with Gasteiger partial charge in [-0.1, -0.05) is 56.3 Å². The molecule has 2 atom stereocenters. The lowest BCUT2D eigenvalue weighted by Gasteiger charge is -2.22. The van der Waals surface area contributed by atoms with E-state index < -0.39 is 24.0 Å². The van der Waals surface area contributed by atoms with Crippen molar-refractivity contribution in [2.45, 2.75) is 45.2 Å². The lowest BCUT2D eigenvalue weighted by molar-refractivity contribution is -0.142. The molecule has 2 aromatic rings. The first-order valence-electron chi connectivity index (χ1n) is 9.82. The monoisotopic (exact) mass is 399 g/mol. The van der Waals surface area contributed by atoms with Crippen molar-refractivity contribution in [1.29, 1.82) is 0 Å². The molecular formula is C23H29NO5. The van der Waals surface area contributed by atoms with Crippen molar-refractivity contribution in [3.8, 4) is 5.75 Å². The van der Waals surface area contributed by atoms with Crippen molar-refractivity contribution in [2.24, 2.45) is 5.92 Å². The number of hydrogen-bond donors (Lipinski definition) is 3. The number of hydrogen-bond acceptors (Lipinski definition) is 4. The van der Waals surface area contributed by atoms with Crippen LogP contribution in [0.15, 0.2) is 54.6 Å². The number of ether oxygens (including phenoxy) is 1. The summed E-state index contributed by atoms with van der Waals surface area (Å²) in [4.78, 5) is 23.0. The average Bonchev–Trinajstić information content (AvgIpc) is 2.68. The van der Waals surface area contributed by atoms with E-state index in [2.05, 4.69) is 17.4 Å². The van der Waals surface area contributed by atoms with Gasteiger partial charge in [-0.2, -0.15) is 0 Å². The molecule has 6 heteroatoms. The average molecular weight is 399 g/mol. The summed E-state index contributed by atoms with van der Waals surface area (Å²) in [6, 6.07) is 15.4. The van der Waals surface area contributed by atoms with Crippen molar-refractivity contribution < 1.29 is 24.5 Å². The molecule has 0 aliphatic rings. The van der Waals surface area contributed by atoms with Gasteiger partial charge >= 0.3 is 11.9 Å². The fourth-order valence-corrected chi connectivity index (χ4v) is 3.06. The molecule has 0 aromatic heterocycles. The van der Waals surface area contributed by atoms with E-state index in [1.54, 1.807) is 0 Å². The summed E-state index contributed by atoms with van der Waals surface area (Å²) >= 11 is 0. The maximum Gasteiger partial charge on any atom is 0.321 e. The van der Waals surface area contributed by atoms with Gasteiger partial charge in [0.05, 0.1) is 6.61 Å². The molecule has 0 saturated carbocycles. The highest BCUT2D eigenvalue weighted by Crippen LogP contribution is 2.15. The summed E-state index contributed by atoms with van der Waals surface area (Å²) in [6.45, 7) is 4.37. The second kappa shape index (κ2) is 11.2. The predicted octanol–water partition coefficient (Wildman–Crippen LogP) is 3.39. The van der Waals surface area contributed by atoms with Crippen LogP contribution in [0.3, 0.4) is 0 Å². The van der Waals surface area contributed by atoms with E-state index in [1.165, 1.54) is 5.56 Å². The predicted molar refractivity (Wildman–Crippen MR) is 111 cm³/mol. The van der Waals surface area contributed by atoms with Crippen LogP contribution in [0.25, 0.3) is 0 Å². The number of benzene rings is 2. The van der Waals surface area contributed by atoms with Crippen LogP contribution in [0.2, 0.25) is 0 Å². The van der Waals surface area contributed by atoms with Crippen molar-refractivity contribution in [1.82, 2.24) is 5.32 Å². The van der Waals surface area contributed by atoms with E-state index >= 15 is 0 Å². The molecule has 3 N–H and O–H groups in total. The van der Waals surface area contributed by atoms with Crippen LogP contribution in [0.4, 0.5) is 0 Å². The third-order valence-corrected chi connectivity index (χ3v) is 4.57. The van der Waals surface area contributed by atoms with Gasteiger partial charge in [0.15, 0.2) is 0 Å². The molecule has 0 aliphatic heterocycles. The Morgan fingerprint density at radius 3 is 2.07 bits per heavy atom. The minimum absolute atomic E-state index is 0.144. The Hall–Kier alpha value is -2.86. The fourth-order valence-electron chi connectivity index (χ4n) is 3.06. The Labute approximate surface area is 171 Å². The van der Waals surface area contributed by atoms with E-state index in [1.807, 2.05) is 56.3 Å². The van der Waals surface area contributed by atoms with Crippen LogP contribution in [0.1, 0.15) is 31.4 Å². The van der Waals surface area contributed by atoms with Crippen molar-refractivity contribution in [3.05, 3.63) is 65.7 Å². The lowest BCUT2D eigenvalue weighted by atomic mass is 10.0. The Morgan fingerprint density at radius 2 is 1.52 bits per heavy atom. The Balaban J connectivity index is 1.91. The SMILES string of the molecule is CC(C)C[C@H](N[C@@H](Cc1ccc(OCCc2ccccc2)cc1)C(=O)O)C(=O)O. The number of carboxylic acids is 2. The van der Waals surface area contributed by atoms with Gasteiger partial charge in [0.2, 0.25) is 0 Å². The maximum absolute atomic E-state index is 11.6. The molecule has 2 aromatic carbocycles. The normalized spacial score (nSPS) is 13.1. The summed E-state index contributed by atoms with van der Waals surface area (Å²) in [5.41, 5.74) is 2.00. The Kier molecular flexibility index (Phi) is 8.68. The molecule has 156 valence electrons. The second-order valence-electron chi connectivity index (χ2n) is 7.51. The second-order valence-corrected chi connectivity index (χ2v) is 7.51. The van der Waals surface area contributed by atoms with Crippen molar-refractivity contribution in [2.75, 3.05) is 6.61 Å². The molecule has 0 aliphatic carbocycles. The highest BCUT2D eigenvalue weighted by Gasteiger charge is 2.26. The minimum atomic E-state index is -1.07. The molecular weight excluding hydrogens is 370 g/mol. The largest absolute Gasteiger partial charge is 0.493 e. The van der Waals surface area contributed by atoms with Crippen LogP contribution in [0.5, 0.6) is 5.75 Å². The van der Waals surface area contributed by atoms with E-state index in [0.29, 0.717) is 18.8 Å². The molecule has 29 heavy (non-hydrogen) atoms. The summed E-state index contributed by atoms with van der Waals surface area (Å²) in [5.74, 6) is -1.24. The molecule has 0 spiro atoms. The van der Waals surface area contributed by atoms with E-state index in [9.17, 15) is 19.8 Å². The maximum atomic E-state index is 11.6. The number of rotatable bonds is 12. The molecule has 0 heterocycles. The molecule has 0 amide bonds. The zero-order chi connectivity index (χ0) is 21.2. The van der Waals surface area contributed by atoms with Crippen molar-refractivity contribution in [3.63, 3.8) is 0 Å². The van der Waals surface area contributed by atoms with Gasteiger partial charge in [-0.25, -0.2) is 0 Å². The molecule has 0 radical (unpaired) electrons. The van der Waals surface area contributed by atoms with E-state index in [0.717, 1.165) is 12.0 Å². The van der Waals surface area contributed by atoms with Gasteiger partial charge in [0.25, 0.3) is 0 Å². The quantitative estimate of drug-likeness (QED) is 0.506. The zero-order valence-corrected chi connectivity index (χ0v) is 16.9. The first kappa shape index (κ1) is 22.4. The summed E-state index contributed by atoms with van der Waals surface area (Å²) < 4.78 is 5.75. The number of carbonyl (C=O) groups is 2. The van der Waals surface area contributed by atoms with Gasteiger partial charge in [0, 0.05) is 6.42 Å².